The number of benzene rings is 1. The van der Waals surface area contributed by atoms with E-state index in [-0.39, 0.29) is 5.78 Å². The third kappa shape index (κ3) is 2.68. The fourth-order valence-electron chi connectivity index (χ4n) is 2.54. The summed E-state index contributed by atoms with van der Waals surface area (Å²) in [5.41, 5.74) is 5.17. The van der Waals surface area contributed by atoms with Crippen LogP contribution in [0.3, 0.4) is 0 Å². The molecule has 2 heterocycles. The molecule has 2 nitrogen and oxygen atoms in total. The van der Waals surface area contributed by atoms with Gasteiger partial charge >= 0.3 is 0 Å². The molecule has 21 heavy (non-hydrogen) atoms. The number of Topliss-reactive ketones (excluding diaryl/α,β-unsaturated/α-hetero) is 1. The van der Waals surface area contributed by atoms with Gasteiger partial charge in [-0.2, -0.15) is 0 Å². The Morgan fingerprint density at radius 2 is 2.10 bits per heavy atom. The average Bonchev–Trinajstić information content (AvgIpc) is 2.97. The number of aromatic nitrogens is 1. The van der Waals surface area contributed by atoms with Crippen LogP contribution in [0.25, 0.3) is 21.5 Å². The predicted octanol–water partition coefficient (Wildman–Crippen LogP) is 3.98. The lowest BCUT2D eigenvalue weighted by Gasteiger charge is -2.04. The molecular weight excluding hydrogens is 277 g/mol. The largest absolute Gasteiger partial charge is 0.354 e. The number of carbonyl (C=O) groups is 1. The number of aryl methyl sites for hydroxylation is 1. The van der Waals surface area contributed by atoms with Gasteiger partial charge in [0.1, 0.15) is 7.85 Å². The highest BCUT2D eigenvalue weighted by atomic mass is 32.1. The normalized spacial score (nSPS) is 11.1. The monoisotopic (exact) mass is 293 g/mol. The fourth-order valence-corrected chi connectivity index (χ4v) is 3.57. The molecule has 0 atom stereocenters. The molecule has 0 saturated carbocycles. The molecule has 4 heteroatoms. The summed E-state index contributed by atoms with van der Waals surface area (Å²) in [5, 5.41) is 0. The Balaban J connectivity index is 1.99. The summed E-state index contributed by atoms with van der Waals surface area (Å²) in [6.07, 6.45) is 1.51. The minimum atomic E-state index is 0.234. The number of ketones is 1. The number of rotatable bonds is 4. The topological polar surface area (TPSA) is 32.9 Å². The molecule has 0 aliphatic rings. The van der Waals surface area contributed by atoms with Crippen molar-refractivity contribution >= 4 is 40.6 Å². The van der Waals surface area contributed by atoms with E-state index in [1.54, 1.807) is 11.3 Å². The van der Waals surface area contributed by atoms with Gasteiger partial charge in [0.25, 0.3) is 0 Å². The summed E-state index contributed by atoms with van der Waals surface area (Å²) in [5.74, 6) is 0.234. The third-order valence-electron chi connectivity index (χ3n) is 3.60. The summed E-state index contributed by atoms with van der Waals surface area (Å²) in [6.45, 7) is 4.08. The van der Waals surface area contributed by atoms with E-state index < -0.39 is 0 Å². The maximum absolute atomic E-state index is 11.9. The van der Waals surface area contributed by atoms with Gasteiger partial charge in [0, 0.05) is 17.7 Å². The molecule has 0 fully saturated rings. The number of fused-ring (bicyclic) bond motifs is 1. The van der Waals surface area contributed by atoms with Gasteiger partial charge in [-0.25, -0.2) is 0 Å². The van der Waals surface area contributed by atoms with Crippen LogP contribution < -0.4 is 5.46 Å². The summed E-state index contributed by atoms with van der Waals surface area (Å²) in [7, 11) is 5.80. The maximum atomic E-state index is 11.9. The first-order chi connectivity index (χ1) is 10.1. The van der Waals surface area contributed by atoms with Crippen molar-refractivity contribution in [3.8, 4) is 11.3 Å². The van der Waals surface area contributed by atoms with E-state index in [0.29, 0.717) is 6.42 Å². The van der Waals surface area contributed by atoms with Crippen molar-refractivity contribution in [1.29, 1.82) is 0 Å². The quantitative estimate of drug-likeness (QED) is 0.573. The molecule has 1 aromatic carbocycles. The molecule has 1 N–H and O–H groups in total. The van der Waals surface area contributed by atoms with E-state index in [1.165, 1.54) is 0 Å². The zero-order chi connectivity index (χ0) is 15.0. The van der Waals surface area contributed by atoms with Crippen LogP contribution in [-0.2, 0) is 0 Å². The molecular formula is C17H16BNOS. The lowest BCUT2D eigenvalue weighted by atomic mass is 9.92. The molecule has 0 aliphatic carbocycles. The van der Waals surface area contributed by atoms with E-state index in [4.69, 9.17) is 7.85 Å². The highest BCUT2D eigenvalue weighted by Gasteiger charge is 2.13. The summed E-state index contributed by atoms with van der Waals surface area (Å²) in [4.78, 5) is 16.2. The van der Waals surface area contributed by atoms with Crippen LogP contribution in [0.2, 0.25) is 0 Å². The van der Waals surface area contributed by atoms with Crippen LogP contribution in [0.1, 0.15) is 35.0 Å². The molecule has 3 aromatic rings. The number of aromatic amines is 1. The highest BCUT2D eigenvalue weighted by Crippen LogP contribution is 2.32. The van der Waals surface area contributed by atoms with Crippen molar-refractivity contribution in [2.75, 3.05) is 0 Å². The summed E-state index contributed by atoms with van der Waals surface area (Å²) < 4.78 is 1.13. The molecule has 3 rings (SSSR count). The van der Waals surface area contributed by atoms with Crippen LogP contribution in [0.15, 0.2) is 30.3 Å². The van der Waals surface area contributed by atoms with Gasteiger partial charge in [0.05, 0.1) is 15.1 Å². The van der Waals surface area contributed by atoms with Crippen molar-refractivity contribution < 1.29 is 4.79 Å². The molecule has 2 radical (unpaired) electrons. The molecule has 2 aromatic heterocycles. The minimum absolute atomic E-state index is 0.234. The first-order valence-electron chi connectivity index (χ1n) is 7.10. The van der Waals surface area contributed by atoms with E-state index in [2.05, 4.69) is 18.0 Å². The van der Waals surface area contributed by atoms with E-state index in [0.717, 1.165) is 43.8 Å². The number of carbonyl (C=O) groups excluding carboxylic acids is 1. The Morgan fingerprint density at radius 3 is 2.76 bits per heavy atom. The number of thiophene rings is 1. The maximum Gasteiger partial charge on any atom is 0.172 e. The summed E-state index contributed by atoms with van der Waals surface area (Å²) >= 11 is 1.56. The molecule has 0 aliphatic heterocycles. The predicted molar refractivity (Wildman–Crippen MR) is 91.0 cm³/mol. The lowest BCUT2D eigenvalue weighted by Crippen LogP contribution is -2.02. The Hall–Kier alpha value is -1.81. The smallest absolute Gasteiger partial charge is 0.172 e. The Kier molecular flexibility index (Phi) is 3.72. The standard InChI is InChI=1S/C17H16BNOS/c1-3-4-15(20)17-9-14-16(21-17)8-13(19-14)12-6-5-11(18)7-10(12)2/h5-9,19H,3-4H2,1-2H3. The second-order valence-electron chi connectivity index (χ2n) is 5.32. The van der Waals surface area contributed by atoms with Gasteiger partial charge in [-0.1, -0.05) is 30.6 Å². The van der Waals surface area contributed by atoms with Gasteiger partial charge < -0.3 is 4.98 Å². The van der Waals surface area contributed by atoms with Crippen LogP contribution in [0.4, 0.5) is 0 Å². The van der Waals surface area contributed by atoms with Gasteiger partial charge in [0.15, 0.2) is 5.78 Å². The fraction of sp³-hybridized carbons (Fsp3) is 0.235. The van der Waals surface area contributed by atoms with Crippen molar-refractivity contribution in [3.05, 3.63) is 40.8 Å². The van der Waals surface area contributed by atoms with E-state index in [1.807, 2.05) is 31.2 Å². The number of nitrogens with one attached hydrogen (secondary N) is 1. The van der Waals surface area contributed by atoms with E-state index >= 15 is 0 Å². The zero-order valence-electron chi connectivity index (χ0n) is 12.2. The van der Waals surface area contributed by atoms with Crippen LogP contribution in [0.5, 0.6) is 0 Å². The van der Waals surface area contributed by atoms with Crippen molar-refractivity contribution in [2.24, 2.45) is 0 Å². The van der Waals surface area contributed by atoms with Crippen molar-refractivity contribution in [3.63, 3.8) is 0 Å². The van der Waals surface area contributed by atoms with E-state index in [9.17, 15) is 4.79 Å². The summed E-state index contributed by atoms with van der Waals surface area (Å²) in [6, 6.07) is 9.99. The third-order valence-corrected chi connectivity index (χ3v) is 4.72. The first kappa shape index (κ1) is 14.1. The van der Waals surface area contributed by atoms with Crippen LogP contribution in [0, 0.1) is 6.92 Å². The molecule has 0 spiro atoms. The number of hydrogen-bond acceptors (Lipinski definition) is 2. The Bertz CT molecular complexity index is 784. The minimum Gasteiger partial charge on any atom is -0.354 e. The SMILES string of the molecule is [B]c1ccc(-c2cc3sc(C(=O)CCC)cc3[nH]2)c(C)c1. The Labute approximate surface area is 129 Å². The lowest BCUT2D eigenvalue weighted by molar-refractivity contribution is 0.0985. The molecule has 0 unspecified atom stereocenters. The second-order valence-corrected chi connectivity index (χ2v) is 6.40. The molecule has 0 amide bonds. The average molecular weight is 293 g/mol. The molecule has 0 bridgehead atoms. The first-order valence-corrected chi connectivity index (χ1v) is 7.92. The van der Waals surface area contributed by atoms with Gasteiger partial charge in [-0.15, -0.1) is 11.3 Å². The second kappa shape index (κ2) is 5.53. The van der Waals surface area contributed by atoms with Gasteiger partial charge in [-0.05, 0) is 31.0 Å². The molecule has 0 saturated heterocycles. The van der Waals surface area contributed by atoms with Gasteiger partial charge in [0.2, 0.25) is 0 Å². The van der Waals surface area contributed by atoms with Crippen molar-refractivity contribution in [1.82, 2.24) is 4.98 Å². The number of H-pyrrole nitrogens is 1. The highest BCUT2D eigenvalue weighted by molar-refractivity contribution is 7.20. The van der Waals surface area contributed by atoms with Crippen LogP contribution >= 0.6 is 11.3 Å². The number of hydrogen-bond donors (Lipinski definition) is 1. The van der Waals surface area contributed by atoms with Crippen LogP contribution in [-0.4, -0.2) is 18.6 Å². The molecule has 104 valence electrons. The Morgan fingerprint density at radius 1 is 1.29 bits per heavy atom. The van der Waals surface area contributed by atoms with Gasteiger partial charge in [-0.3, -0.25) is 4.79 Å². The van der Waals surface area contributed by atoms with Crippen molar-refractivity contribution in [2.45, 2.75) is 26.7 Å². The zero-order valence-corrected chi connectivity index (χ0v) is 13.0.